The van der Waals surface area contributed by atoms with E-state index in [0.717, 1.165) is 16.7 Å². The minimum atomic E-state index is -0.790. The van der Waals surface area contributed by atoms with Crippen LogP contribution in [0, 0.1) is 5.82 Å². The van der Waals surface area contributed by atoms with Crippen LogP contribution in [0.3, 0.4) is 0 Å². The molecule has 1 aromatic rings. The minimum Gasteiger partial charge on any atom is -0.466 e. The first-order valence-electron chi connectivity index (χ1n) is 7.44. The number of carbonyl (C=O) groups is 1. The second-order valence-electron chi connectivity index (χ2n) is 6.17. The highest BCUT2D eigenvalue weighted by atomic mass is 19.1. The van der Waals surface area contributed by atoms with Crippen molar-refractivity contribution >= 4 is 11.5 Å². The van der Waals surface area contributed by atoms with Crippen LogP contribution in [-0.2, 0) is 19.0 Å². The van der Waals surface area contributed by atoms with E-state index in [-0.39, 0.29) is 11.9 Å². The van der Waals surface area contributed by atoms with E-state index >= 15 is 0 Å². The predicted octanol–water partition coefficient (Wildman–Crippen LogP) is 3.23. The summed E-state index contributed by atoms with van der Waals surface area (Å²) in [5, 5.41) is 0. The Morgan fingerprint density at radius 3 is 2.39 bits per heavy atom. The molecule has 1 fully saturated rings. The second-order valence-corrected chi connectivity index (χ2v) is 6.17. The number of methoxy groups -OCH3 is 1. The number of benzene rings is 1. The standard InChI is InChI=1S/C18H19FO4/c1-10-13(11-5-7-12(19)8-6-11)9-14(17(20)21-4)16-15(10)22-18(2,3)23-16/h5-9,15-16H,1-4H3/t15-,16+/m1/s1. The van der Waals surface area contributed by atoms with E-state index in [1.807, 2.05) is 20.8 Å². The van der Waals surface area contributed by atoms with Crippen molar-refractivity contribution < 1.29 is 23.4 Å². The number of halogens is 1. The number of allylic oxidation sites excluding steroid dienone is 2. The Hall–Kier alpha value is -1.98. The molecule has 0 amide bonds. The second kappa shape index (κ2) is 5.58. The van der Waals surface area contributed by atoms with Crippen LogP contribution in [0.15, 0.2) is 41.5 Å². The Balaban J connectivity index is 2.11. The van der Waals surface area contributed by atoms with Crippen LogP contribution in [0.5, 0.6) is 0 Å². The van der Waals surface area contributed by atoms with Gasteiger partial charge in [0.15, 0.2) is 5.79 Å². The van der Waals surface area contributed by atoms with Gasteiger partial charge in [-0.2, -0.15) is 0 Å². The molecule has 0 saturated carbocycles. The van der Waals surface area contributed by atoms with Crippen LogP contribution in [-0.4, -0.2) is 31.1 Å². The highest BCUT2D eigenvalue weighted by Crippen LogP contribution is 2.42. The van der Waals surface area contributed by atoms with Crippen molar-refractivity contribution in [2.24, 2.45) is 0 Å². The maximum Gasteiger partial charge on any atom is 0.336 e. The number of esters is 1. The molecule has 4 nitrogen and oxygen atoms in total. The van der Waals surface area contributed by atoms with Gasteiger partial charge < -0.3 is 14.2 Å². The van der Waals surface area contributed by atoms with Gasteiger partial charge in [0, 0.05) is 0 Å². The van der Waals surface area contributed by atoms with Crippen molar-refractivity contribution in [2.45, 2.75) is 38.8 Å². The summed E-state index contributed by atoms with van der Waals surface area (Å²) < 4.78 is 29.9. The van der Waals surface area contributed by atoms with Gasteiger partial charge in [-0.25, -0.2) is 9.18 Å². The van der Waals surface area contributed by atoms with Gasteiger partial charge >= 0.3 is 5.97 Å². The molecular formula is C18H19FO4. The monoisotopic (exact) mass is 318 g/mol. The van der Waals surface area contributed by atoms with Gasteiger partial charge in [0.25, 0.3) is 0 Å². The summed E-state index contributed by atoms with van der Waals surface area (Å²) in [5.74, 6) is -1.55. The lowest BCUT2D eigenvalue weighted by Gasteiger charge is -2.26. The number of carbonyl (C=O) groups excluding carboxylic acids is 1. The van der Waals surface area contributed by atoms with Gasteiger partial charge in [-0.3, -0.25) is 0 Å². The summed E-state index contributed by atoms with van der Waals surface area (Å²) in [6, 6.07) is 6.15. The van der Waals surface area contributed by atoms with Crippen LogP contribution in [0.25, 0.3) is 5.57 Å². The van der Waals surface area contributed by atoms with Crippen LogP contribution >= 0.6 is 0 Å². The highest BCUT2D eigenvalue weighted by molar-refractivity contribution is 5.96. The molecule has 1 heterocycles. The summed E-state index contributed by atoms with van der Waals surface area (Å²) in [7, 11) is 1.34. The van der Waals surface area contributed by atoms with E-state index in [2.05, 4.69) is 0 Å². The number of ether oxygens (including phenoxy) is 3. The first-order chi connectivity index (χ1) is 10.8. The molecule has 0 aromatic heterocycles. The Morgan fingerprint density at radius 2 is 1.78 bits per heavy atom. The van der Waals surface area contributed by atoms with Crippen molar-refractivity contribution in [3.8, 4) is 0 Å². The molecule has 0 spiro atoms. The number of rotatable bonds is 2. The maximum atomic E-state index is 13.2. The normalized spacial score (nSPS) is 25.9. The highest BCUT2D eigenvalue weighted by Gasteiger charge is 2.48. The number of hydrogen-bond donors (Lipinski definition) is 0. The van der Waals surface area contributed by atoms with Crippen LogP contribution < -0.4 is 0 Å². The van der Waals surface area contributed by atoms with Gasteiger partial charge in [0.1, 0.15) is 18.0 Å². The molecule has 5 heteroatoms. The predicted molar refractivity (Wildman–Crippen MR) is 82.9 cm³/mol. The summed E-state index contributed by atoms with van der Waals surface area (Å²) in [6.45, 7) is 5.56. The SMILES string of the molecule is COC(=O)C1=CC(c2ccc(F)cc2)=C(C)[C@H]2OC(C)(C)O[C@@H]12. The molecule has 1 aliphatic carbocycles. The Labute approximate surface area is 134 Å². The van der Waals surface area contributed by atoms with Gasteiger partial charge in [-0.1, -0.05) is 12.1 Å². The van der Waals surface area contributed by atoms with Gasteiger partial charge in [-0.15, -0.1) is 0 Å². The summed E-state index contributed by atoms with van der Waals surface area (Å²) in [6.07, 6.45) is 0.881. The molecule has 2 atom stereocenters. The maximum absolute atomic E-state index is 13.2. The molecule has 122 valence electrons. The van der Waals surface area contributed by atoms with Crippen molar-refractivity contribution in [2.75, 3.05) is 7.11 Å². The van der Waals surface area contributed by atoms with Crippen molar-refractivity contribution in [1.82, 2.24) is 0 Å². The molecule has 23 heavy (non-hydrogen) atoms. The molecule has 0 N–H and O–H groups in total. The molecule has 3 rings (SSSR count). The average Bonchev–Trinajstić information content (AvgIpc) is 2.84. The Kier molecular flexibility index (Phi) is 3.86. The molecule has 2 aliphatic rings. The van der Waals surface area contributed by atoms with E-state index in [1.165, 1.54) is 19.2 Å². The smallest absolute Gasteiger partial charge is 0.336 e. The molecule has 1 aliphatic heterocycles. The molecule has 1 saturated heterocycles. The third-order valence-electron chi connectivity index (χ3n) is 4.13. The molecule has 0 bridgehead atoms. The first kappa shape index (κ1) is 15.9. The van der Waals surface area contributed by atoms with E-state index in [0.29, 0.717) is 5.57 Å². The summed E-state index contributed by atoms with van der Waals surface area (Å²) >= 11 is 0. The zero-order chi connectivity index (χ0) is 16.8. The van der Waals surface area contributed by atoms with Gasteiger partial charge in [-0.05, 0) is 55.7 Å². The lowest BCUT2D eigenvalue weighted by atomic mass is 9.85. The first-order valence-corrected chi connectivity index (χ1v) is 7.44. The number of hydrogen-bond acceptors (Lipinski definition) is 4. The van der Waals surface area contributed by atoms with Crippen molar-refractivity contribution in [1.29, 1.82) is 0 Å². The summed E-state index contributed by atoms with van der Waals surface area (Å²) in [5.41, 5.74) is 3.00. The van der Waals surface area contributed by atoms with Crippen LogP contribution in [0.4, 0.5) is 4.39 Å². The fourth-order valence-electron chi connectivity index (χ4n) is 3.04. The third kappa shape index (κ3) is 2.82. The molecular weight excluding hydrogens is 299 g/mol. The zero-order valence-corrected chi connectivity index (χ0v) is 13.6. The summed E-state index contributed by atoms with van der Waals surface area (Å²) in [4.78, 5) is 12.1. The fourth-order valence-corrected chi connectivity index (χ4v) is 3.04. The molecule has 0 unspecified atom stereocenters. The van der Waals surface area contributed by atoms with Gasteiger partial charge in [0.05, 0.1) is 12.7 Å². The minimum absolute atomic E-state index is 0.306. The Bertz CT molecular complexity index is 700. The Morgan fingerprint density at radius 1 is 1.17 bits per heavy atom. The van der Waals surface area contributed by atoms with Crippen LogP contribution in [0.2, 0.25) is 0 Å². The van der Waals surface area contributed by atoms with Crippen molar-refractivity contribution in [3.63, 3.8) is 0 Å². The topological polar surface area (TPSA) is 44.8 Å². The fraction of sp³-hybridized carbons (Fsp3) is 0.389. The average molecular weight is 318 g/mol. The zero-order valence-electron chi connectivity index (χ0n) is 13.6. The van der Waals surface area contributed by atoms with Crippen LogP contribution in [0.1, 0.15) is 26.3 Å². The lowest BCUT2D eigenvalue weighted by molar-refractivity contribution is -0.145. The van der Waals surface area contributed by atoms with Crippen molar-refractivity contribution in [3.05, 3.63) is 52.9 Å². The number of fused-ring (bicyclic) bond motifs is 1. The quantitative estimate of drug-likeness (QED) is 0.785. The van der Waals surface area contributed by atoms with Gasteiger partial charge in [0.2, 0.25) is 0 Å². The third-order valence-corrected chi connectivity index (χ3v) is 4.13. The van der Waals surface area contributed by atoms with E-state index in [9.17, 15) is 9.18 Å². The largest absolute Gasteiger partial charge is 0.466 e. The van der Waals surface area contributed by atoms with E-state index < -0.39 is 17.9 Å². The molecule has 1 aromatic carbocycles. The lowest BCUT2D eigenvalue weighted by Crippen LogP contribution is -2.33. The molecule has 0 radical (unpaired) electrons. The van der Waals surface area contributed by atoms with E-state index in [4.69, 9.17) is 14.2 Å². The van der Waals surface area contributed by atoms with E-state index in [1.54, 1.807) is 18.2 Å².